The van der Waals surface area contributed by atoms with Gasteiger partial charge in [0.1, 0.15) is 0 Å². The molecule has 5 aromatic rings. The monoisotopic (exact) mass is 376 g/mol. The van der Waals surface area contributed by atoms with Crippen LogP contribution in [0.3, 0.4) is 0 Å². The number of hydrogen-bond acceptors (Lipinski definition) is 0. The van der Waals surface area contributed by atoms with Crippen LogP contribution in [0.15, 0.2) is 72.8 Å². The molecule has 0 bridgehead atoms. The highest BCUT2D eigenvalue weighted by Gasteiger charge is 2.14. The number of benzene rings is 5. The van der Waals surface area contributed by atoms with Crippen molar-refractivity contribution in [1.29, 1.82) is 0 Å². The first-order valence-electron chi connectivity index (χ1n) is 10.8. The molecule has 0 atom stereocenters. The van der Waals surface area contributed by atoms with E-state index in [-0.39, 0.29) is 0 Å². The van der Waals surface area contributed by atoms with Crippen molar-refractivity contribution < 1.29 is 0 Å². The van der Waals surface area contributed by atoms with Crippen molar-refractivity contribution in [2.45, 2.75) is 40.0 Å². The molecule has 0 heterocycles. The lowest BCUT2D eigenvalue weighted by molar-refractivity contribution is 0.650. The van der Waals surface area contributed by atoms with Gasteiger partial charge in [-0.2, -0.15) is 0 Å². The standard InChI is InChI=1S/C29H28/c1-18(2)15-20-13-14-21(19(3)4)27-17-29-25-12-8-6-10-23(25)22-9-5-7-11-24(22)28(29)16-26(20)27/h5-14,16-19H,15H2,1-4H3. The lowest BCUT2D eigenvalue weighted by Gasteiger charge is -2.18. The normalized spacial score (nSPS) is 12.2. The molecule has 0 unspecified atom stereocenters. The van der Waals surface area contributed by atoms with E-state index < -0.39 is 0 Å². The zero-order valence-electron chi connectivity index (χ0n) is 17.8. The van der Waals surface area contributed by atoms with Crippen molar-refractivity contribution >= 4 is 43.1 Å². The summed E-state index contributed by atoms with van der Waals surface area (Å²) >= 11 is 0. The van der Waals surface area contributed by atoms with Gasteiger partial charge in [0.25, 0.3) is 0 Å². The smallest absolute Gasteiger partial charge is 0.00925 e. The van der Waals surface area contributed by atoms with Crippen LogP contribution < -0.4 is 0 Å². The Morgan fingerprint density at radius 3 is 1.48 bits per heavy atom. The van der Waals surface area contributed by atoms with E-state index in [0.29, 0.717) is 11.8 Å². The Morgan fingerprint density at radius 1 is 0.517 bits per heavy atom. The van der Waals surface area contributed by atoms with Crippen molar-refractivity contribution in [3.63, 3.8) is 0 Å². The second kappa shape index (κ2) is 6.88. The van der Waals surface area contributed by atoms with E-state index in [1.807, 2.05) is 0 Å². The van der Waals surface area contributed by atoms with Gasteiger partial charge in [0, 0.05) is 0 Å². The third-order valence-corrected chi connectivity index (χ3v) is 6.25. The lowest BCUT2D eigenvalue weighted by Crippen LogP contribution is -1.98. The third-order valence-electron chi connectivity index (χ3n) is 6.25. The maximum atomic E-state index is 2.48. The minimum Gasteiger partial charge on any atom is -0.0625 e. The average Bonchev–Trinajstić information content (AvgIpc) is 2.72. The topological polar surface area (TPSA) is 0 Å². The summed E-state index contributed by atoms with van der Waals surface area (Å²) in [5.74, 6) is 1.15. The van der Waals surface area contributed by atoms with Crippen molar-refractivity contribution in [1.82, 2.24) is 0 Å². The Morgan fingerprint density at radius 2 is 1.00 bits per heavy atom. The fourth-order valence-corrected chi connectivity index (χ4v) is 4.95. The maximum absolute atomic E-state index is 2.48. The van der Waals surface area contributed by atoms with Crippen molar-refractivity contribution in [2.24, 2.45) is 5.92 Å². The van der Waals surface area contributed by atoms with Gasteiger partial charge < -0.3 is 0 Å². The molecule has 5 rings (SSSR count). The van der Waals surface area contributed by atoms with Gasteiger partial charge in [-0.1, -0.05) is 88.4 Å². The van der Waals surface area contributed by atoms with Gasteiger partial charge in [-0.05, 0) is 84.6 Å². The van der Waals surface area contributed by atoms with Crippen LogP contribution >= 0.6 is 0 Å². The summed E-state index contributed by atoms with van der Waals surface area (Å²) in [6.45, 7) is 9.23. The molecule has 0 aliphatic carbocycles. The Kier molecular flexibility index (Phi) is 4.32. The molecule has 0 aliphatic rings. The van der Waals surface area contributed by atoms with Crippen molar-refractivity contribution in [2.75, 3.05) is 0 Å². The second-order valence-electron chi connectivity index (χ2n) is 9.10. The zero-order chi connectivity index (χ0) is 20.1. The Labute approximate surface area is 173 Å². The Balaban J connectivity index is 2.02. The molecule has 0 radical (unpaired) electrons. The number of hydrogen-bond donors (Lipinski definition) is 0. The molecule has 0 N–H and O–H groups in total. The highest BCUT2D eigenvalue weighted by molar-refractivity contribution is 6.27. The predicted octanol–water partition coefficient (Wildman–Crippen LogP) is 8.62. The molecule has 144 valence electrons. The van der Waals surface area contributed by atoms with E-state index in [0.717, 1.165) is 6.42 Å². The highest BCUT2D eigenvalue weighted by Crippen LogP contribution is 2.39. The summed E-state index contributed by atoms with van der Waals surface area (Å²) in [7, 11) is 0. The molecular formula is C29H28. The molecule has 0 spiro atoms. The largest absolute Gasteiger partial charge is 0.0625 e. The Bertz CT molecular complexity index is 1370. The lowest BCUT2D eigenvalue weighted by atomic mass is 9.86. The quantitative estimate of drug-likeness (QED) is 0.218. The molecule has 0 saturated carbocycles. The van der Waals surface area contributed by atoms with E-state index in [4.69, 9.17) is 0 Å². The molecule has 0 amide bonds. The summed E-state index contributed by atoms with van der Waals surface area (Å²) in [4.78, 5) is 0. The molecule has 0 heteroatoms. The van der Waals surface area contributed by atoms with Gasteiger partial charge in [0.15, 0.2) is 0 Å². The highest BCUT2D eigenvalue weighted by atomic mass is 14.2. The van der Waals surface area contributed by atoms with Gasteiger partial charge in [-0.3, -0.25) is 0 Å². The van der Waals surface area contributed by atoms with Gasteiger partial charge in [0.2, 0.25) is 0 Å². The van der Waals surface area contributed by atoms with Gasteiger partial charge >= 0.3 is 0 Å². The van der Waals surface area contributed by atoms with Crippen LogP contribution in [0.25, 0.3) is 43.1 Å². The van der Waals surface area contributed by atoms with Crippen LogP contribution in [0, 0.1) is 5.92 Å². The fraction of sp³-hybridized carbons (Fsp3) is 0.241. The summed E-state index contributed by atoms with van der Waals surface area (Å²) < 4.78 is 0. The molecule has 0 fully saturated rings. The summed E-state index contributed by atoms with van der Waals surface area (Å²) in [5, 5.41) is 11.0. The predicted molar refractivity (Wildman–Crippen MR) is 129 cm³/mol. The molecule has 29 heavy (non-hydrogen) atoms. The molecule has 0 saturated heterocycles. The van der Waals surface area contributed by atoms with Crippen LogP contribution in [0.1, 0.15) is 44.7 Å². The van der Waals surface area contributed by atoms with E-state index in [1.165, 1.54) is 54.2 Å². The van der Waals surface area contributed by atoms with E-state index in [2.05, 4.69) is 100 Å². The average molecular weight is 377 g/mol. The first-order chi connectivity index (χ1) is 14.0. The summed E-state index contributed by atoms with van der Waals surface area (Å²) in [6, 6.07) is 27.4. The SMILES string of the molecule is CC(C)Cc1ccc(C(C)C)c2cc3c4ccccc4c4ccccc4c3cc12. The van der Waals surface area contributed by atoms with E-state index in [9.17, 15) is 0 Å². The first kappa shape index (κ1) is 18.2. The second-order valence-corrected chi connectivity index (χ2v) is 9.10. The zero-order valence-corrected chi connectivity index (χ0v) is 17.8. The minimum absolute atomic E-state index is 0.509. The summed E-state index contributed by atoms with van der Waals surface area (Å²) in [5.41, 5.74) is 2.92. The number of fused-ring (bicyclic) bond motifs is 7. The van der Waals surface area contributed by atoms with Gasteiger partial charge in [-0.25, -0.2) is 0 Å². The first-order valence-corrected chi connectivity index (χ1v) is 10.8. The van der Waals surface area contributed by atoms with Crippen LogP contribution in [0.2, 0.25) is 0 Å². The fourth-order valence-electron chi connectivity index (χ4n) is 4.95. The van der Waals surface area contributed by atoms with E-state index in [1.54, 1.807) is 0 Å². The van der Waals surface area contributed by atoms with Gasteiger partial charge in [0.05, 0.1) is 0 Å². The molecular weight excluding hydrogens is 348 g/mol. The Hall–Kier alpha value is -2.86. The maximum Gasteiger partial charge on any atom is -0.00925 e. The number of rotatable bonds is 3. The van der Waals surface area contributed by atoms with Crippen molar-refractivity contribution in [3.05, 3.63) is 83.9 Å². The van der Waals surface area contributed by atoms with Crippen LogP contribution in [0.5, 0.6) is 0 Å². The third kappa shape index (κ3) is 2.90. The summed E-state index contributed by atoms with van der Waals surface area (Å²) in [6.07, 6.45) is 1.12. The van der Waals surface area contributed by atoms with E-state index >= 15 is 0 Å². The van der Waals surface area contributed by atoms with Crippen LogP contribution in [0.4, 0.5) is 0 Å². The molecule has 0 aromatic heterocycles. The molecule has 5 aromatic carbocycles. The van der Waals surface area contributed by atoms with Gasteiger partial charge in [-0.15, -0.1) is 0 Å². The van der Waals surface area contributed by atoms with Crippen molar-refractivity contribution in [3.8, 4) is 0 Å². The minimum atomic E-state index is 0.509. The molecule has 0 aliphatic heterocycles. The van der Waals surface area contributed by atoms with Crippen LogP contribution in [-0.4, -0.2) is 0 Å². The molecule has 0 nitrogen and oxygen atoms in total. The van der Waals surface area contributed by atoms with Crippen LogP contribution in [-0.2, 0) is 6.42 Å².